The van der Waals surface area contributed by atoms with Gasteiger partial charge in [-0.05, 0) is 73.2 Å². The number of nitrogens with zero attached hydrogens (tertiary/aromatic N) is 2. The monoisotopic (exact) mass is 505 g/mol. The van der Waals surface area contributed by atoms with Gasteiger partial charge in [0.2, 0.25) is 0 Å². The molecular formula is C25H20BrN3O2S. The molecule has 1 aliphatic rings. The molecule has 0 radical (unpaired) electrons. The lowest BCUT2D eigenvalue weighted by molar-refractivity contribution is 0.434. The minimum absolute atomic E-state index is 0.149. The number of aryl methyl sites for hydroxylation is 1. The molecule has 1 fully saturated rings. The molecule has 1 saturated heterocycles. The van der Waals surface area contributed by atoms with Crippen LogP contribution < -0.4 is 10.2 Å². The summed E-state index contributed by atoms with van der Waals surface area (Å²) in [6.07, 6.45) is 1.76. The summed E-state index contributed by atoms with van der Waals surface area (Å²) in [4.78, 5) is 6.45. The molecule has 160 valence electrons. The highest BCUT2D eigenvalue weighted by molar-refractivity contribution is 9.10. The van der Waals surface area contributed by atoms with Gasteiger partial charge in [-0.25, -0.2) is 0 Å². The average molecular weight is 506 g/mol. The Bertz CT molecular complexity index is 1290. The first-order valence-corrected chi connectivity index (χ1v) is 11.4. The van der Waals surface area contributed by atoms with E-state index < -0.39 is 0 Å². The van der Waals surface area contributed by atoms with Crippen molar-refractivity contribution >= 4 is 38.9 Å². The number of benzene rings is 2. The molecule has 2 aromatic heterocycles. The van der Waals surface area contributed by atoms with Gasteiger partial charge in [0.25, 0.3) is 0 Å². The summed E-state index contributed by atoms with van der Waals surface area (Å²) in [6, 6.07) is 22.5. The van der Waals surface area contributed by atoms with Crippen LogP contribution in [0.3, 0.4) is 0 Å². The van der Waals surface area contributed by atoms with E-state index in [4.69, 9.17) is 16.6 Å². The molecule has 32 heavy (non-hydrogen) atoms. The van der Waals surface area contributed by atoms with Crippen LogP contribution in [0, 0.1) is 6.92 Å². The smallest absolute Gasteiger partial charge is 0.174 e. The highest BCUT2D eigenvalue weighted by atomic mass is 79.9. The van der Waals surface area contributed by atoms with Crippen molar-refractivity contribution in [3.63, 3.8) is 0 Å². The highest BCUT2D eigenvalue weighted by Crippen LogP contribution is 2.45. The van der Waals surface area contributed by atoms with Crippen molar-refractivity contribution < 1.29 is 9.52 Å². The number of phenolic OH excluding ortho intramolecular Hbond substituents is 1. The molecule has 1 aliphatic heterocycles. The number of halogens is 1. The molecule has 4 aromatic rings. The standard InChI is InChI=1S/C25H20BrN3O2S/c1-15-9-10-16(17(26)14-15)21-11-12-22(31-21)24-23(18-6-4-5-13-27-18)28-25(32)29(24)19-7-2-3-8-20(19)30/h2-14,23-24,30H,1H3,(H,28,32). The van der Waals surface area contributed by atoms with Gasteiger partial charge in [0.1, 0.15) is 23.3 Å². The second-order valence-electron chi connectivity index (χ2n) is 7.67. The maximum Gasteiger partial charge on any atom is 0.174 e. The van der Waals surface area contributed by atoms with Gasteiger partial charge >= 0.3 is 0 Å². The van der Waals surface area contributed by atoms with E-state index in [1.54, 1.807) is 18.3 Å². The Morgan fingerprint density at radius 2 is 1.88 bits per heavy atom. The number of phenols is 1. The van der Waals surface area contributed by atoms with Crippen molar-refractivity contribution in [2.75, 3.05) is 4.90 Å². The molecule has 3 heterocycles. The fourth-order valence-corrected chi connectivity index (χ4v) is 5.08. The number of nitrogens with one attached hydrogen (secondary N) is 1. The fraction of sp³-hybridized carbons (Fsp3) is 0.120. The predicted molar refractivity (Wildman–Crippen MR) is 133 cm³/mol. The van der Waals surface area contributed by atoms with Gasteiger partial charge in [-0.3, -0.25) is 4.98 Å². The Hall–Kier alpha value is -3.16. The maximum absolute atomic E-state index is 10.6. The van der Waals surface area contributed by atoms with E-state index in [9.17, 15) is 5.11 Å². The third-order valence-electron chi connectivity index (χ3n) is 5.55. The lowest BCUT2D eigenvalue weighted by Gasteiger charge is -2.26. The quantitative estimate of drug-likeness (QED) is 0.317. The predicted octanol–water partition coefficient (Wildman–Crippen LogP) is 6.30. The molecule has 2 aromatic carbocycles. The van der Waals surface area contributed by atoms with Crippen molar-refractivity contribution in [2.24, 2.45) is 0 Å². The molecule has 0 bridgehead atoms. The van der Waals surface area contributed by atoms with Gasteiger partial charge in [-0.15, -0.1) is 0 Å². The summed E-state index contributed by atoms with van der Waals surface area (Å²) in [6.45, 7) is 2.05. The highest BCUT2D eigenvalue weighted by Gasteiger charge is 2.43. The minimum atomic E-state index is -0.330. The molecule has 2 unspecified atom stereocenters. The van der Waals surface area contributed by atoms with Gasteiger partial charge in [0, 0.05) is 16.2 Å². The third-order valence-corrected chi connectivity index (χ3v) is 6.52. The number of thiocarbonyl (C=S) groups is 1. The number of para-hydroxylation sites is 2. The zero-order valence-corrected chi connectivity index (χ0v) is 19.6. The summed E-state index contributed by atoms with van der Waals surface area (Å²) in [5.41, 5.74) is 3.59. The van der Waals surface area contributed by atoms with Gasteiger partial charge in [-0.1, -0.05) is 40.2 Å². The van der Waals surface area contributed by atoms with E-state index in [2.05, 4.69) is 45.3 Å². The Morgan fingerprint density at radius 3 is 2.62 bits per heavy atom. The second kappa shape index (κ2) is 8.41. The van der Waals surface area contributed by atoms with E-state index >= 15 is 0 Å². The molecule has 0 spiro atoms. The zero-order chi connectivity index (χ0) is 22.2. The third kappa shape index (κ3) is 3.67. The van der Waals surface area contributed by atoms with Crippen LogP contribution in [0.1, 0.15) is 29.1 Å². The van der Waals surface area contributed by atoms with E-state index in [-0.39, 0.29) is 17.8 Å². The Morgan fingerprint density at radius 1 is 1.06 bits per heavy atom. The number of rotatable bonds is 4. The van der Waals surface area contributed by atoms with Crippen LogP contribution in [0.15, 0.2) is 87.9 Å². The van der Waals surface area contributed by atoms with Crippen molar-refractivity contribution in [1.29, 1.82) is 0 Å². The van der Waals surface area contributed by atoms with Crippen LogP contribution >= 0.6 is 28.1 Å². The van der Waals surface area contributed by atoms with Crippen LogP contribution in [0.5, 0.6) is 5.75 Å². The number of anilines is 1. The largest absolute Gasteiger partial charge is 0.506 e. The van der Waals surface area contributed by atoms with Gasteiger partial charge in [0.15, 0.2) is 5.11 Å². The second-order valence-corrected chi connectivity index (χ2v) is 8.91. The lowest BCUT2D eigenvalue weighted by Crippen LogP contribution is -2.29. The van der Waals surface area contributed by atoms with Crippen LogP contribution in [0.25, 0.3) is 11.3 Å². The van der Waals surface area contributed by atoms with Crippen molar-refractivity contribution in [3.8, 4) is 17.1 Å². The first kappa shape index (κ1) is 20.7. The van der Waals surface area contributed by atoms with E-state index in [1.165, 1.54) is 5.56 Å². The van der Waals surface area contributed by atoms with Gasteiger partial charge < -0.3 is 19.7 Å². The number of pyridine rings is 1. The summed E-state index contributed by atoms with van der Waals surface area (Å²) in [7, 11) is 0. The number of aromatic hydroxyl groups is 1. The fourth-order valence-electron chi connectivity index (χ4n) is 4.05. The van der Waals surface area contributed by atoms with E-state index in [0.717, 1.165) is 27.3 Å². The van der Waals surface area contributed by atoms with Crippen LogP contribution in [0.2, 0.25) is 0 Å². The summed E-state index contributed by atoms with van der Waals surface area (Å²) in [5, 5.41) is 14.5. The Kier molecular flexibility index (Phi) is 5.45. The SMILES string of the molecule is Cc1ccc(-c2ccc(C3C(c4ccccn4)NC(=S)N3c3ccccc3O)o2)c(Br)c1. The zero-order valence-electron chi connectivity index (χ0n) is 17.2. The topological polar surface area (TPSA) is 61.5 Å². The molecule has 7 heteroatoms. The normalized spacial score (nSPS) is 18.1. The molecule has 2 N–H and O–H groups in total. The van der Waals surface area contributed by atoms with Crippen molar-refractivity contribution in [3.05, 3.63) is 100 Å². The molecule has 5 nitrogen and oxygen atoms in total. The number of hydrogen-bond donors (Lipinski definition) is 2. The molecular weight excluding hydrogens is 486 g/mol. The summed E-state index contributed by atoms with van der Waals surface area (Å²) in [5.74, 6) is 1.62. The lowest BCUT2D eigenvalue weighted by atomic mass is 10.0. The van der Waals surface area contributed by atoms with E-state index in [0.29, 0.717) is 10.8 Å². The summed E-state index contributed by atoms with van der Waals surface area (Å²) < 4.78 is 7.36. The van der Waals surface area contributed by atoms with Crippen LogP contribution in [-0.4, -0.2) is 15.2 Å². The number of aromatic nitrogens is 1. The Balaban J connectivity index is 1.62. The first-order valence-electron chi connectivity index (χ1n) is 10.2. The van der Waals surface area contributed by atoms with Crippen molar-refractivity contribution in [2.45, 2.75) is 19.0 Å². The molecule has 0 amide bonds. The molecule has 0 saturated carbocycles. The number of hydrogen-bond acceptors (Lipinski definition) is 4. The number of furan rings is 1. The first-order chi connectivity index (χ1) is 15.5. The van der Waals surface area contributed by atoms with Crippen LogP contribution in [0.4, 0.5) is 5.69 Å². The van der Waals surface area contributed by atoms with E-state index in [1.807, 2.05) is 53.4 Å². The minimum Gasteiger partial charge on any atom is -0.506 e. The van der Waals surface area contributed by atoms with Gasteiger partial charge in [0.05, 0.1) is 17.4 Å². The summed E-state index contributed by atoms with van der Waals surface area (Å²) >= 11 is 9.34. The Labute approximate surface area is 199 Å². The molecule has 5 rings (SSSR count). The maximum atomic E-state index is 10.6. The van der Waals surface area contributed by atoms with Crippen molar-refractivity contribution in [1.82, 2.24) is 10.3 Å². The van der Waals surface area contributed by atoms with Gasteiger partial charge in [-0.2, -0.15) is 0 Å². The van der Waals surface area contributed by atoms with Crippen LogP contribution in [-0.2, 0) is 0 Å². The molecule has 0 aliphatic carbocycles. The molecule has 2 atom stereocenters. The average Bonchev–Trinajstić information content (AvgIpc) is 3.39.